The second-order valence-corrected chi connectivity index (χ2v) is 15.6. The second kappa shape index (κ2) is 13.0. The van der Waals surface area contributed by atoms with Gasteiger partial charge in [-0.05, 0) is 70.5 Å². The largest absolute Gasteiger partial charge is 0.487 e. The molecular weight excluding hydrogens is 648 g/mol. The Balaban J connectivity index is 1.13. The molecule has 246 valence electrons. The predicted molar refractivity (Wildman–Crippen MR) is 198 cm³/mol. The number of rotatable bonds is 10. The first-order chi connectivity index (χ1) is 23.8. The van der Waals surface area contributed by atoms with Gasteiger partial charge in [-0.25, -0.2) is 0 Å². The van der Waals surface area contributed by atoms with Gasteiger partial charge in [0.15, 0.2) is 5.82 Å². The summed E-state index contributed by atoms with van der Waals surface area (Å²) in [5.74, 6) is 1.66. The highest BCUT2D eigenvalue weighted by Gasteiger charge is 2.32. The van der Waals surface area contributed by atoms with Gasteiger partial charge in [0.05, 0.1) is 11.2 Å². The lowest BCUT2D eigenvalue weighted by atomic mass is 9.84. The molecule has 0 bridgehead atoms. The van der Waals surface area contributed by atoms with Crippen LogP contribution in [0.25, 0.3) is 32.8 Å². The summed E-state index contributed by atoms with van der Waals surface area (Å²) in [7, 11) is 0. The Morgan fingerprint density at radius 2 is 1.80 bits per heavy atom. The van der Waals surface area contributed by atoms with E-state index in [1.54, 1.807) is 0 Å². The van der Waals surface area contributed by atoms with E-state index in [0.717, 1.165) is 53.7 Å². The zero-order valence-electron chi connectivity index (χ0n) is 27.8. The van der Waals surface area contributed by atoms with E-state index < -0.39 is 0 Å². The Morgan fingerprint density at radius 3 is 2.59 bits per heavy atom. The lowest BCUT2D eigenvalue weighted by Gasteiger charge is -2.26. The van der Waals surface area contributed by atoms with Crippen LogP contribution >= 0.6 is 23.4 Å². The van der Waals surface area contributed by atoms with Gasteiger partial charge in [0, 0.05) is 56.5 Å². The van der Waals surface area contributed by atoms with E-state index in [1.165, 1.54) is 49.0 Å². The number of H-pyrrole nitrogens is 1. The number of ether oxygens (including phenoxy) is 1. The van der Waals surface area contributed by atoms with Gasteiger partial charge in [0.25, 0.3) is 0 Å². The van der Waals surface area contributed by atoms with Crippen LogP contribution in [0, 0.1) is 5.41 Å². The van der Waals surface area contributed by atoms with Gasteiger partial charge >= 0.3 is 0 Å². The van der Waals surface area contributed by atoms with Crippen molar-refractivity contribution >= 4 is 45.0 Å². The minimum Gasteiger partial charge on any atom is -0.487 e. The topological polar surface area (TPSA) is 81.5 Å². The molecule has 4 aromatic carbocycles. The van der Waals surface area contributed by atoms with Gasteiger partial charge < -0.3 is 9.30 Å². The van der Waals surface area contributed by atoms with Crippen LogP contribution in [0.3, 0.4) is 0 Å². The number of aromatic nitrogens is 6. The van der Waals surface area contributed by atoms with Crippen LogP contribution in [-0.4, -0.2) is 35.4 Å². The minimum atomic E-state index is -0.100. The van der Waals surface area contributed by atoms with E-state index in [4.69, 9.17) is 21.3 Å². The molecule has 0 spiro atoms. The summed E-state index contributed by atoms with van der Waals surface area (Å²) in [5.41, 5.74) is 8.14. The summed E-state index contributed by atoms with van der Waals surface area (Å²) >= 11 is 8.24. The smallest absolute Gasteiger partial charge is 0.175 e. The van der Waals surface area contributed by atoms with Gasteiger partial charge in [0.2, 0.25) is 0 Å². The molecule has 7 nitrogen and oxygen atoms in total. The van der Waals surface area contributed by atoms with Crippen LogP contribution in [0.15, 0.2) is 102 Å². The van der Waals surface area contributed by atoms with Crippen LogP contribution in [-0.2, 0) is 32.4 Å². The average molecular weight is 685 g/mol. The van der Waals surface area contributed by atoms with Gasteiger partial charge in [-0.2, -0.15) is 5.21 Å². The summed E-state index contributed by atoms with van der Waals surface area (Å²) in [5, 5.41) is 19.8. The zero-order chi connectivity index (χ0) is 33.5. The predicted octanol–water partition coefficient (Wildman–Crippen LogP) is 9.50. The number of halogens is 1. The van der Waals surface area contributed by atoms with E-state index in [2.05, 4.69) is 125 Å². The molecule has 1 aliphatic heterocycles. The quantitative estimate of drug-likeness (QED) is 0.155. The lowest BCUT2D eigenvalue weighted by Crippen LogP contribution is -2.22. The fourth-order valence-corrected chi connectivity index (χ4v) is 8.57. The van der Waals surface area contributed by atoms with E-state index in [0.29, 0.717) is 11.9 Å². The Bertz CT molecular complexity index is 2260. The number of aromatic amines is 1. The molecule has 1 unspecified atom stereocenters. The van der Waals surface area contributed by atoms with E-state index in [1.807, 2.05) is 30.1 Å². The third kappa shape index (κ3) is 6.43. The van der Waals surface area contributed by atoms with Crippen molar-refractivity contribution in [3.05, 3.63) is 131 Å². The molecule has 0 aliphatic carbocycles. The van der Waals surface area contributed by atoms with Crippen molar-refractivity contribution in [2.75, 3.05) is 0 Å². The van der Waals surface area contributed by atoms with Gasteiger partial charge in [-0.15, -0.1) is 22.0 Å². The molecule has 0 amide bonds. The van der Waals surface area contributed by atoms with Gasteiger partial charge in [-0.1, -0.05) is 98.2 Å². The van der Waals surface area contributed by atoms with Crippen molar-refractivity contribution in [1.29, 1.82) is 0 Å². The highest BCUT2D eigenvalue weighted by Crippen LogP contribution is 2.48. The SMILES string of the molecule is CC1Cc2c(OCc3ccc(-c4cccc5ccccc45)cn3)ccc3c2c(c(CC(C)(C)Cc2nn[nH]n2)n3Cc2ccc(Cl)cc2)S1. The van der Waals surface area contributed by atoms with Crippen molar-refractivity contribution in [1.82, 2.24) is 30.2 Å². The Labute approximate surface area is 295 Å². The normalized spacial score (nSPS) is 14.5. The standard InChI is InChI=1S/C40H37ClN6OS/c1-25-19-33-36(48-24-30-16-13-28(22-42-30)32-10-6-8-27-7-4-5-9-31(27)32)18-17-34-38(33)39(49-25)35(20-40(2,3)21-37-43-45-46-44-37)47(34)23-26-11-14-29(41)15-12-26/h4-18,22,25H,19-21,23-24H2,1-3H3,(H,43,44,45,46). The number of benzene rings is 4. The number of nitrogens with zero attached hydrogens (tertiary/aromatic N) is 5. The van der Waals surface area contributed by atoms with Crippen molar-refractivity contribution < 1.29 is 4.74 Å². The molecule has 4 heterocycles. The minimum absolute atomic E-state index is 0.100. The Morgan fingerprint density at radius 1 is 0.959 bits per heavy atom. The molecule has 1 N–H and O–H groups in total. The number of hydrogen-bond acceptors (Lipinski definition) is 6. The molecule has 0 saturated carbocycles. The van der Waals surface area contributed by atoms with Gasteiger partial charge in [0.1, 0.15) is 12.4 Å². The molecule has 7 aromatic rings. The van der Waals surface area contributed by atoms with E-state index in [9.17, 15) is 0 Å². The summed E-state index contributed by atoms with van der Waals surface area (Å²) in [6.07, 6.45) is 4.49. The molecule has 49 heavy (non-hydrogen) atoms. The highest BCUT2D eigenvalue weighted by molar-refractivity contribution is 8.00. The van der Waals surface area contributed by atoms with Gasteiger partial charge in [-0.3, -0.25) is 4.98 Å². The van der Waals surface area contributed by atoms with Crippen LogP contribution in [0.2, 0.25) is 5.02 Å². The number of fused-ring (bicyclic) bond motifs is 1. The maximum absolute atomic E-state index is 6.60. The average Bonchev–Trinajstić information content (AvgIpc) is 3.71. The lowest BCUT2D eigenvalue weighted by molar-refractivity contribution is 0.298. The fraction of sp³-hybridized carbons (Fsp3) is 0.250. The monoisotopic (exact) mass is 684 g/mol. The number of tetrazole rings is 1. The Kier molecular flexibility index (Phi) is 8.38. The number of thioether (sulfide) groups is 1. The molecule has 0 radical (unpaired) electrons. The maximum Gasteiger partial charge on any atom is 0.175 e. The first-order valence-electron chi connectivity index (χ1n) is 16.7. The van der Waals surface area contributed by atoms with Crippen molar-refractivity contribution in [2.45, 2.75) is 63.3 Å². The number of hydrogen-bond donors (Lipinski definition) is 1. The third-order valence-electron chi connectivity index (χ3n) is 9.39. The number of nitrogens with one attached hydrogen (secondary N) is 1. The molecule has 1 aliphatic rings. The fourth-order valence-electron chi connectivity index (χ4n) is 7.13. The van der Waals surface area contributed by atoms with Crippen LogP contribution in [0.1, 0.15) is 49.1 Å². The zero-order valence-corrected chi connectivity index (χ0v) is 29.4. The molecular formula is C40H37ClN6OS. The summed E-state index contributed by atoms with van der Waals surface area (Å²) in [6, 6.07) is 31.7. The second-order valence-electron chi connectivity index (χ2n) is 13.8. The van der Waals surface area contributed by atoms with Crippen molar-refractivity contribution in [3.63, 3.8) is 0 Å². The molecule has 0 fully saturated rings. The molecule has 8 rings (SSSR count). The number of pyridine rings is 1. The first kappa shape index (κ1) is 31.6. The summed E-state index contributed by atoms with van der Waals surface area (Å²) in [4.78, 5) is 6.17. The summed E-state index contributed by atoms with van der Waals surface area (Å²) in [6.45, 7) is 8.04. The van der Waals surface area contributed by atoms with E-state index >= 15 is 0 Å². The maximum atomic E-state index is 6.60. The highest BCUT2D eigenvalue weighted by atomic mass is 35.5. The molecule has 3 aromatic heterocycles. The molecule has 0 saturated heterocycles. The molecule has 9 heteroatoms. The van der Waals surface area contributed by atoms with Crippen LogP contribution < -0.4 is 4.74 Å². The molecule has 1 atom stereocenters. The van der Waals surface area contributed by atoms with E-state index in [-0.39, 0.29) is 5.41 Å². The van der Waals surface area contributed by atoms with Crippen LogP contribution in [0.4, 0.5) is 0 Å². The summed E-state index contributed by atoms with van der Waals surface area (Å²) < 4.78 is 9.10. The first-order valence-corrected chi connectivity index (χ1v) is 17.9. The van der Waals surface area contributed by atoms with Crippen LogP contribution in [0.5, 0.6) is 5.75 Å². The third-order valence-corrected chi connectivity index (χ3v) is 10.9. The van der Waals surface area contributed by atoms with Crippen molar-refractivity contribution in [3.8, 4) is 16.9 Å². The Hall–Kier alpha value is -4.66. The van der Waals surface area contributed by atoms with Crippen molar-refractivity contribution in [2.24, 2.45) is 5.41 Å².